The Morgan fingerprint density at radius 2 is 1.98 bits per heavy atom. The second kappa shape index (κ2) is 16.0. The van der Waals surface area contributed by atoms with Crippen molar-refractivity contribution >= 4 is 29.1 Å². The minimum absolute atomic E-state index is 0. The number of aromatic nitrogens is 2. The number of ether oxygens (including phenoxy) is 1. The van der Waals surface area contributed by atoms with Gasteiger partial charge in [0.1, 0.15) is 11.6 Å². The number of pyridine rings is 1. The average molecular weight is 772 g/mol. The Labute approximate surface area is 275 Å². The molecule has 6 N–H and O–H groups in total. The van der Waals surface area contributed by atoms with Crippen molar-refractivity contribution < 1.29 is 25.2 Å². The number of rotatable bonds is 7. The fourth-order valence-electron chi connectivity index (χ4n) is 5.43. The topological polar surface area (TPSA) is 144 Å². The van der Waals surface area contributed by atoms with Crippen molar-refractivity contribution in [2.75, 3.05) is 50.0 Å². The van der Waals surface area contributed by atoms with E-state index in [1.807, 2.05) is 19.2 Å². The van der Waals surface area contributed by atoms with Gasteiger partial charge in [0, 0.05) is 108 Å². The van der Waals surface area contributed by atoms with Crippen molar-refractivity contribution in [2.24, 2.45) is 17.8 Å². The largest absolute Gasteiger partial charge is 0.479 e. The van der Waals surface area contributed by atoms with Crippen molar-refractivity contribution in [3.63, 3.8) is 0 Å². The minimum atomic E-state index is 0. The summed E-state index contributed by atoms with van der Waals surface area (Å²) < 4.78 is 7.85. The molecular formula is C32H45N10ORe-. The molecule has 0 aromatic carbocycles. The third kappa shape index (κ3) is 8.33. The standard InChI is InChI=1S/C31H42N10O.CH3.Re/c1-4-6-28-37-21(2)24(18-32)31(34)42-16-5-11-35-26-17-29(38-28)36-19-25(26)30(33)27-10-9-23(39(27)3)20-40-12-14-41(15-13-40)22-7-8-22;;/h4,6,9-10,17-19,22,32-33,35H,1,5,7-8,11-16,20,34H2,2-3H3,(H,36,38);1H3;/q;-1;/b28-6+,31-24-,32-18?,33-30?,37-21+;;. The average Bonchev–Trinajstić information content (AvgIpc) is 3.76. The molecular weight excluding hydrogens is 727 g/mol. The summed E-state index contributed by atoms with van der Waals surface area (Å²) in [6.45, 7) is 11.9. The molecule has 0 atom stereocenters. The van der Waals surface area contributed by atoms with Gasteiger partial charge in [0.2, 0.25) is 0 Å². The second-order valence-corrected chi connectivity index (χ2v) is 11.0. The van der Waals surface area contributed by atoms with Crippen LogP contribution in [0.2, 0.25) is 0 Å². The van der Waals surface area contributed by atoms with Crippen molar-refractivity contribution in [3.8, 4) is 0 Å². The van der Waals surface area contributed by atoms with Crippen LogP contribution in [-0.2, 0) is 38.8 Å². The summed E-state index contributed by atoms with van der Waals surface area (Å²) in [4.78, 5) is 14.4. The molecule has 237 valence electrons. The second-order valence-electron chi connectivity index (χ2n) is 11.0. The predicted octanol–water partition coefficient (Wildman–Crippen LogP) is 4.12. The Bertz CT molecular complexity index is 1430. The van der Waals surface area contributed by atoms with Crippen LogP contribution in [0.1, 0.15) is 43.1 Å². The van der Waals surface area contributed by atoms with Crippen LogP contribution in [0.3, 0.4) is 0 Å². The SMILES string of the molecule is C=C\C=C1/N=C(C)/C(C=N)=C(/N)OCCCNc2cc(ncc2C(=N)c2ccc(CN3CCN(C4CC4)CC3)n2C)N1.[CH3-].[Re]. The van der Waals surface area contributed by atoms with Crippen molar-refractivity contribution in [3.05, 3.63) is 84.8 Å². The van der Waals surface area contributed by atoms with E-state index >= 15 is 0 Å². The number of nitrogens with two attached hydrogens (primary N) is 1. The first-order chi connectivity index (χ1) is 20.4. The molecule has 2 fully saturated rings. The van der Waals surface area contributed by atoms with Crippen LogP contribution >= 0.6 is 0 Å². The number of nitrogens with one attached hydrogen (secondary N) is 4. The molecule has 4 heterocycles. The number of aliphatic imine (C=N–C) groups is 1. The number of fused-ring (bicyclic) bond motifs is 2. The summed E-state index contributed by atoms with van der Waals surface area (Å²) >= 11 is 0. The first-order valence-electron chi connectivity index (χ1n) is 14.6. The van der Waals surface area contributed by atoms with E-state index in [0.717, 1.165) is 56.4 Å². The van der Waals surface area contributed by atoms with Crippen LogP contribution in [-0.4, -0.2) is 82.4 Å². The Morgan fingerprint density at radius 3 is 2.66 bits per heavy atom. The van der Waals surface area contributed by atoms with E-state index in [2.05, 4.69) is 47.6 Å². The van der Waals surface area contributed by atoms with Gasteiger partial charge in [0.15, 0.2) is 5.88 Å². The van der Waals surface area contributed by atoms with Crippen LogP contribution in [0.15, 0.2) is 65.4 Å². The number of nitrogens with zero attached hydrogens (tertiary/aromatic N) is 5. The Balaban J connectivity index is 0.00000264. The van der Waals surface area contributed by atoms with E-state index in [1.165, 1.54) is 18.5 Å². The molecule has 44 heavy (non-hydrogen) atoms. The monoisotopic (exact) mass is 772 g/mol. The van der Waals surface area contributed by atoms with Gasteiger partial charge in [-0.1, -0.05) is 12.7 Å². The Hall–Kier alpha value is -3.56. The van der Waals surface area contributed by atoms with Gasteiger partial charge < -0.3 is 38.5 Å². The molecule has 1 radical (unpaired) electrons. The number of allylic oxidation sites excluding steroid dienone is 3. The van der Waals surface area contributed by atoms with E-state index in [9.17, 15) is 5.41 Å². The first kappa shape index (κ1) is 34.9. The smallest absolute Gasteiger partial charge is 0.194 e. The summed E-state index contributed by atoms with van der Waals surface area (Å²) in [6, 6.07) is 6.89. The maximum atomic E-state index is 9.18. The quantitative estimate of drug-likeness (QED) is 0.211. The fraction of sp³-hybridized carbons (Fsp3) is 0.406. The molecule has 5 rings (SSSR count). The zero-order valence-corrected chi connectivity index (χ0v) is 28.7. The zero-order chi connectivity index (χ0) is 29.6. The van der Waals surface area contributed by atoms with Crippen LogP contribution in [0.5, 0.6) is 0 Å². The van der Waals surface area contributed by atoms with Crippen molar-refractivity contribution in [2.45, 2.75) is 38.8 Å². The summed E-state index contributed by atoms with van der Waals surface area (Å²) in [5.74, 6) is 1.21. The van der Waals surface area contributed by atoms with Gasteiger partial charge in [-0.25, -0.2) is 9.98 Å². The normalized spacial score (nSPS) is 22.0. The molecule has 0 amide bonds. The van der Waals surface area contributed by atoms with Gasteiger partial charge in [0.25, 0.3) is 0 Å². The molecule has 1 aliphatic carbocycles. The van der Waals surface area contributed by atoms with E-state index in [-0.39, 0.29) is 33.7 Å². The summed E-state index contributed by atoms with van der Waals surface area (Å²) in [5.41, 5.74) is 11.0. The predicted molar refractivity (Wildman–Crippen MR) is 176 cm³/mol. The van der Waals surface area contributed by atoms with Crippen LogP contribution in [0.4, 0.5) is 11.5 Å². The van der Waals surface area contributed by atoms with Gasteiger partial charge in [-0.3, -0.25) is 15.2 Å². The number of piperazine rings is 1. The Kier molecular flexibility index (Phi) is 12.7. The van der Waals surface area contributed by atoms with Crippen LogP contribution in [0, 0.1) is 18.2 Å². The summed E-state index contributed by atoms with van der Waals surface area (Å²) in [6.07, 6.45) is 9.60. The Morgan fingerprint density at radius 1 is 1.23 bits per heavy atom. The maximum Gasteiger partial charge on any atom is 0.194 e. The van der Waals surface area contributed by atoms with E-state index in [4.69, 9.17) is 15.9 Å². The molecule has 1 saturated carbocycles. The van der Waals surface area contributed by atoms with Gasteiger partial charge in [-0.2, -0.15) is 0 Å². The van der Waals surface area contributed by atoms with Gasteiger partial charge in [-0.05, 0) is 44.4 Å². The van der Waals surface area contributed by atoms with E-state index in [1.54, 1.807) is 25.3 Å². The molecule has 2 bridgehead atoms. The van der Waals surface area contributed by atoms with Crippen LogP contribution < -0.4 is 16.4 Å². The number of hydrogen-bond acceptors (Lipinski definition) is 10. The third-order valence-corrected chi connectivity index (χ3v) is 8.02. The fourth-order valence-corrected chi connectivity index (χ4v) is 5.43. The minimum Gasteiger partial charge on any atom is -0.479 e. The molecule has 12 heteroatoms. The zero-order valence-electron chi connectivity index (χ0n) is 26.0. The molecule has 3 aliphatic rings. The summed E-state index contributed by atoms with van der Waals surface area (Å²) in [7, 11) is 2.04. The molecule has 0 unspecified atom stereocenters. The summed E-state index contributed by atoms with van der Waals surface area (Å²) in [5, 5.41) is 23.7. The van der Waals surface area contributed by atoms with Crippen molar-refractivity contribution in [1.29, 1.82) is 10.8 Å². The number of anilines is 2. The van der Waals surface area contributed by atoms with Crippen LogP contribution in [0.25, 0.3) is 0 Å². The van der Waals surface area contributed by atoms with Crippen molar-refractivity contribution in [1.82, 2.24) is 19.4 Å². The molecule has 2 aromatic rings. The van der Waals surface area contributed by atoms with E-state index in [0.29, 0.717) is 53.8 Å². The molecule has 0 spiro atoms. The first-order valence-corrected chi connectivity index (χ1v) is 14.6. The molecule has 1 saturated heterocycles. The number of hydrogen-bond donors (Lipinski definition) is 5. The molecule has 2 aromatic heterocycles. The van der Waals surface area contributed by atoms with Gasteiger partial charge >= 0.3 is 0 Å². The molecule has 2 aliphatic heterocycles. The molecule has 11 nitrogen and oxygen atoms in total. The van der Waals surface area contributed by atoms with Gasteiger partial charge in [-0.15, -0.1) is 0 Å². The third-order valence-electron chi connectivity index (χ3n) is 8.02. The van der Waals surface area contributed by atoms with Gasteiger partial charge in [0.05, 0.1) is 29.3 Å². The maximum absolute atomic E-state index is 9.18. The van der Waals surface area contributed by atoms with E-state index < -0.39 is 0 Å².